The molecule has 0 fully saturated rings. The van der Waals surface area contributed by atoms with E-state index in [1.165, 1.54) is 4.68 Å². The fraction of sp³-hybridized carbons (Fsp3) is 0.143. The standard InChI is InChI=1S/C21H17ClN4O3/c1-13-17(18(22)26(25-13)16-11-7-4-8-12-16)21(27)28-14(2)19-23-24-20(29-19)15-9-5-3-6-10-15/h3-12,14H,1-2H3/t14-/m1/s1. The molecule has 2 aromatic heterocycles. The predicted molar refractivity (Wildman–Crippen MR) is 107 cm³/mol. The van der Waals surface area contributed by atoms with Crippen LogP contribution in [0.2, 0.25) is 5.15 Å². The molecule has 2 heterocycles. The van der Waals surface area contributed by atoms with Gasteiger partial charge in [0.15, 0.2) is 6.10 Å². The van der Waals surface area contributed by atoms with Gasteiger partial charge in [0.05, 0.1) is 11.4 Å². The van der Waals surface area contributed by atoms with Gasteiger partial charge in [0.25, 0.3) is 5.89 Å². The average molecular weight is 409 g/mol. The maximum Gasteiger partial charge on any atom is 0.344 e. The van der Waals surface area contributed by atoms with Gasteiger partial charge in [-0.05, 0) is 38.1 Å². The first-order valence-electron chi connectivity index (χ1n) is 8.95. The van der Waals surface area contributed by atoms with Crippen molar-refractivity contribution in [3.05, 3.63) is 83.0 Å². The van der Waals surface area contributed by atoms with Crippen LogP contribution in [-0.2, 0) is 4.74 Å². The summed E-state index contributed by atoms with van der Waals surface area (Å²) >= 11 is 6.42. The molecule has 29 heavy (non-hydrogen) atoms. The lowest BCUT2D eigenvalue weighted by molar-refractivity contribution is 0.0279. The Morgan fingerprint density at radius 1 is 1.07 bits per heavy atom. The highest BCUT2D eigenvalue weighted by Crippen LogP contribution is 2.27. The molecule has 146 valence electrons. The number of carbonyl (C=O) groups excluding carboxylic acids is 1. The molecular weight excluding hydrogens is 392 g/mol. The van der Waals surface area contributed by atoms with Crippen LogP contribution in [0.25, 0.3) is 17.1 Å². The Kier molecular flexibility index (Phi) is 5.14. The van der Waals surface area contributed by atoms with Crippen molar-refractivity contribution < 1.29 is 13.9 Å². The smallest absolute Gasteiger partial charge is 0.344 e. The third-order valence-corrected chi connectivity index (χ3v) is 4.65. The number of esters is 1. The number of nitrogens with zero attached hydrogens (tertiary/aromatic N) is 4. The second-order valence-corrected chi connectivity index (χ2v) is 6.72. The molecule has 0 aliphatic rings. The normalized spacial score (nSPS) is 12.0. The fourth-order valence-corrected chi connectivity index (χ4v) is 3.19. The Labute approximate surface area is 171 Å². The Balaban J connectivity index is 1.54. The Hall–Kier alpha value is -3.45. The van der Waals surface area contributed by atoms with E-state index in [-0.39, 0.29) is 16.6 Å². The fourth-order valence-electron chi connectivity index (χ4n) is 2.84. The molecule has 7 nitrogen and oxygen atoms in total. The molecule has 4 rings (SSSR count). The molecule has 0 unspecified atom stereocenters. The van der Waals surface area contributed by atoms with Crippen molar-refractivity contribution in [3.63, 3.8) is 0 Å². The highest BCUT2D eigenvalue weighted by molar-refractivity contribution is 6.33. The van der Waals surface area contributed by atoms with Crippen LogP contribution in [0, 0.1) is 6.92 Å². The van der Waals surface area contributed by atoms with E-state index in [9.17, 15) is 4.79 Å². The van der Waals surface area contributed by atoms with Gasteiger partial charge in [-0.1, -0.05) is 48.0 Å². The van der Waals surface area contributed by atoms with Crippen molar-refractivity contribution in [3.8, 4) is 17.1 Å². The monoisotopic (exact) mass is 408 g/mol. The van der Waals surface area contributed by atoms with Gasteiger partial charge < -0.3 is 9.15 Å². The van der Waals surface area contributed by atoms with Crippen LogP contribution < -0.4 is 0 Å². The van der Waals surface area contributed by atoms with Gasteiger partial charge in [0.2, 0.25) is 5.89 Å². The first-order chi connectivity index (χ1) is 14.0. The summed E-state index contributed by atoms with van der Waals surface area (Å²) in [6.07, 6.45) is -0.747. The number of hydrogen-bond acceptors (Lipinski definition) is 6. The van der Waals surface area contributed by atoms with Gasteiger partial charge in [0.1, 0.15) is 10.7 Å². The first-order valence-corrected chi connectivity index (χ1v) is 9.32. The summed E-state index contributed by atoms with van der Waals surface area (Å²) in [4.78, 5) is 12.7. The van der Waals surface area contributed by atoms with Crippen molar-refractivity contribution >= 4 is 17.6 Å². The second-order valence-electron chi connectivity index (χ2n) is 6.36. The number of aryl methyl sites for hydroxylation is 1. The highest BCUT2D eigenvalue weighted by atomic mass is 35.5. The summed E-state index contributed by atoms with van der Waals surface area (Å²) in [5, 5.41) is 12.5. The van der Waals surface area contributed by atoms with E-state index in [0.29, 0.717) is 11.6 Å². The van der Waals surface area contributed by atoms with E-state index in [2.05, 4.69) is 15.3 Å². The summed E-state index contributed by atoms with van der Waals surface area (Å²) in [6, 6.07) is 18.7. The van der Waals surface area contributed by atoms with E-state index < -0.39 is 12.1 Å². The summed E-state index contributed by atoms with van der Waals surface area (Å²) in [5.41, 5.74) is 2.20. The third-order valence-electron chi connectivity index (χ3n) is 4.30. The molecule has 2 aromatic carbocycles. The zero-order valence-electron chi connectivity index (χ0n) is 15.7. The van der Waals surface area contributed by atoms with E-state index >= 15 is 0 Å². The maximum absolute atomic E-state index is 12.7. The Morgan fingerprint density at radius 2 is 1.72 bits per heavy atom. The van der Waals surface area contributed by atoms with Crippen LogP contribution in [0.5, 0.6) is 0 Å². The van der Waals surface area contributed by atoms with Crippen LogP contribution in [0.4, 0.5) is 0 Å². The maximum atomic E-state index is 12.7. The molecule has 0 aliphatic heterocycles. The minimum Gasteiger partial charge on any atom is -0.449 e. The molecule has 0 spiro atoms. The minimum absolute atomic E-state index is 0.182. The largest absolute Gasteiger partial charge is 0.449 e. The average Bonchev–Trinajstić information content (AvgIpc) is 3.34. The molecule has 0 N–H and O–H groups in total. The van der Waals surface area contributed by atoms with Crippen molar-refractivity contribution in [2.24, 2.45) is 0 Å². The first kappa shape index (κ1) is 18.9. The van der Waals surface area contributed by atoms with Crippen molar-refractivity contribution in [2.45, 2.75) is 20.0 Å². The van der Waals surface area contributed by atoms with E-state index in [0.717, 1.165) is 11.3 Å². The van der Waals surface area contributed by atoms with Gasteiger partial charge in [0, 0.05) is 5.56 Å². The number of rotatable bonds is 5. The SMILES string of the molecule is Cc1nn(-c2ccccc2)c(Cl)c1C(=O)O[C@H](C)c1nnc(-c2ccccc2)o1. The molecule has 4 aromatic rings. The van der Waals surface area contributed by atoms with E-state index in [1.54, 1.807) is 13.8 Å². The number of ether oxygens (including phenoxy) is 1. The van der Waals surface area contributed by atoms with Gasteiger partial charge in [-0.25, -0.2) is 9.48 Å². The van der Waals surface area contributed by atoms with Gasteiger partial charge in [-0.15, -0.1) is 10.2 Å². The van der Waals surface area contributed by atoms with E-state index in [4.69, 9.17) is 20.8 Å². The van der Waals surface area contributed by atoms with Crippen LogP contribution in [0.15, 0.2) is 65.1 Å². The zero-order chi connectivity index (χ0) is 20.4. The van der Waals surface area contributed by atoms with Crippen molar-refractivity contribution in [2.75, 3.05) is 0 Å². The topological polar surface area (TPSA) is 83.0 Å². The molecule has 8 heteroatoms. The molecular formula is C21H17ClN4O3. The zero-order valence-corrected chi connectivity index (χ0v) is 16.5. The lowest BCUT2D eigenvalue weighted by Gasteiger charge is -2.09. The Bertz CT molecular complexity index is 1140. The molecule has 0 amide bonds. The van der Waals surface area contributed by atoms with Gasteiger partial charge in [-0.3, -0.25) is 0 Å². The van der Waals surface area contributed by atoms with Crippen LogP contribution >= 0.6 is 11.6 Å². The lowest BCUT2D eigenvalue weighted by Crippen LogP contribution is -2.10. The highest BCUT2D eigenvalue weighted by Gasteiger charge is 2.26. The molecule has 1 atom stereocenters. The Morgan fingerprint density at radius 3 is 2.41 bits per heavy atom. The quantitative estimate of drug-likeness (QED) is 0.441. The lowest BCUT2D eigenvalue weighted by atomic mass is 10.2. The number of aromatic nitrogens is 4. The van der Waals surface area contributed by atoms with Crippen molar-refractivity contribution in [1.29, 1.82) is 0 Å². The summed E-state index contributed by atoms with van der Waals surface area (Å²) in [6.45, 7) is 3.36. The van der Waals surface area contributed by atoms with Gasteiger partial charge in [-0.2, -0.15) is 5.10 Å². The summed E-state index contributed by atoms with van der Waals surface area (Å²) < 4.78 is 12.7. The van der Waals surface area contributed by atoms with E-state index in [1.807, 2.05) is 60.7 Å². The number of carbonyl (C=O) groups is 1. The minimum atomic E-state index is -0.747. The molecule has 0 bridgehead atoms. The second kappa shape index (κ2) is 7.89. The number of benzene rings is 2. The molecule has 0 aliphatic carbocycles. The summed E-state index contributed by atoms with van der Waals surface area (Å²) in [5.74, 6) is -0.0577. The molecule has 0 radical (unpaired) electrons. The molecule has 0 saturated carbocycles. The number of hydrogen-bond donors (Lipinski definition) is 0. The number of halogens is 1. The number of para-hydroxylation sites is 1. The molecule has 0 saturated heterocycles. The van der Waals surface area contributed by atoms with Crippen LogP contribution in [-0.4, -0.2) is 25.9 Å². The predicted octanol–water partition coefficient (Wildman–Crippen LogP) is 4.80. The third kappa shape index (κ3) is 3.77. The van der Waals surface area contributed by atoms with Crippen LogP contribution in [0.1, 0.15) is 35.0 Å². The van der Waals surface area contributed by atoms with Gasteiger partial charge >= 0.3 is 5.97 Å². The van der Waals surface area contributed by atoms with Crippen LogP contribution in [0.3, 0.4) is 0 Å². The van der Waals surface area contributed by atoms with Crippen molar-refractivity contribution in [1.82, 2.24) is 20.0 Å². The summed E-state index contributed by atoms with van der Waals surface area (Å²) in [7, 11) is 0.